The van der Waals surface area contributed by atoms with Gasteiger partial charge in [0.25, 0.3) is 0 Å². The smallest absolute Gasteiger partial charge is 0.223 e. The van der Waals surface area contributed by atoms with Crippen LogP contribution < -0.4 is 5.32 Å². The van der Waals surface area contributed by atoms with Crippen LogP contribution in [0.5, 0.6) is 0 Å². The zero-order chi connectivity index (χ0) is 14.4. The Hall–Kier alpha value is -0.650. The monoisotopic (exact) mass is 282 g/mol. The third-order valence-corrected chi connectivity index (χ3v) is 4.59. The predicted molar refractivity (Wildman–Crippen MR) is 81.8 cm³/mol. The third kappa shape index (κ3) is 5.04. The number of piperidine rings is 1. The van der Waals surface area contributed by atoms with Gasteiger partial charge in [-0.3, -0.25) is 4.79 Å². The van der Waals surface area contributed by atoms with Gasteiger partial charge in [0.05, 0.1) is 0 Å². The summed E-state index contributed by atoms with van der Waals surface area (Å²) in [4.78, 5) is 18.9. The lowest BCUT2D eigenvalue weighted by Crippen LogP contribution is -2.47. The molecule has 5 heteroatoms. The second kappa shape index (κ2) is 7.96. The number of hydrogen-bond donors (Lipinski definition) is 1. The Morgan fingerprint density at radius 1 is 1.20 bits per heavy atom. The van der Waals surface area contributed by atoms with E-state index in [1.165, 1.54) is 25.9 Å². The van der Waals surface area contributed by atoms with Crippen LogP contribution in [0.1, 0.15) is 19.3 Å². The molecule has 0 aliphatic carbocycles. The van der Waals surface area contributed by atoms with E-state index in [1.807, 2.05) is 4.90 Å². The summed E-state index contributed by atoms with van der Waals surface area (Å²) >= 11 is 0. The van der Waals surface area contributed by atoms with Gasteiger partial charge in [-0.2, -0.15) is 0 Å². The molecule has 2 heterocycles. The number of nitrogens with zero attached hydrogens (tertiary/aromatic N) is 3. The minimum atomic E-state index is 0.321. The van der Waals surface area contributed by atoms with Gasteiger partial charge in [0.2, 0.25) is 5.91 Å². The van der Waals surface area contributed by atoms with Gasteiger partial charge in [0.1, 0.15) is 0 Å². The predicted octanol–water partition coefficient (Wildman–Crippen LogP) is 0.0819. The number of carbonyl (C=O) groups is 1. The first-order valence-corrected chi connectivity index (χ1v) is 8.00. The number of likely N-dealkylation sites (tertiary alicyclic amines) is 1. The van der Waals surface area contributed by atoms with E-state index < -0.39 is 0 Å². The van der Waals surface area contributed by atoms with E-state index in [2.05, 4.69) is 29.2 Å². The molecule has 2 rings (SSSR count). The molecule has 116 valence electrons. The maximum atomic E-state index is 12.1. The molecule has 0 atom stereocenters. The second-order valence-corrected chi connectivity index (χ2v) is 6.39. The molecule has 2 aliphatic rings. The third-order valence-electron chi connectivity index (χ3n) is 4.59. The number of nitrogens with one attached hydrogen (secondary N) is 1. The molecular weight excluding hydrogens is 252 g/mol. The Bertz CT molecular complexity index is 296. The lowest BCUT2D eigenvalue weighted by atomic mass is 9.96. The maximum Gasteiger partial charge on any atom is 0.223 e. The molecule has 0 aromatic heterocycles. The van der Waals surface area contributed by atoms with Crippen molar-refractivity contribution < 1.29 is 4.79 Å². The zero-order valence-corrected chi connectivity index (χ0v) is 13.1. The minimum Gasteiger partial charge on any atom is -0.340 e. The summed E-state index contributed by atoms with van der Waals surface area (Å²) in [6.07, 6.45) is 3.27. The minimum absolute atomic E-state index is 0.321. The molecular formula is C15H30N4O. The first-order chi connectivity index (χ1) is 9.65. The number of hydrogen-bond acceptors (Lipinski definition) is 4. The van der Waals surface area contributed by atoms with Crippen LogP contribution in [0.15, 0.2) is 0 Å². The van der Waals surface area contributed by atoms with Crippen molar-refractivity contribution in [2.75, 3.05) is 66.5 Å². The molecule has 0 unspecified atom stereocenters. The average molecular weight is 282 g/mol. The molecule has 0 saturated carbocycles. The molecule has 0 radical (unpaired) electrons. The van der Waals surface area contributed by atoms with Gasteiger partial charge >= 0.3 is 0 Å². The summed E-state index contributed by atoms with van der Waals surface area (Å²) in [6, 6.07) is 0. The highest BCUT2D eigenvalue weighted by atomic mass is 16.2. The highest BCUT2D eigenvalue weighted by Gasteiger charge is 2.20. The lowest BCUT2D eigenvalue weighted by Gasteiger charge is -2.32. The first-order valence-electron chi connectivity index (χ1n) is 8.00. The van der Waals surface area contributed by atoms with E-state index in [9.17, 15) is 4.79 Å². The van der Waals surface area contributed by atoms with Crippen molar-refractivity contribution in [3.05, 3.63) is 0 Å². The number of carbonyl (C=O) groups excluding carboxylic acids is 1. The molecule has 5 nitrogen and oxygen atoms in total. The summed E-state index contributed by atoms with van der Waals surface area (Å²) in [5.74, 6) is 1.13. The highest BCUT2D eigenvalue weighted by molar-refractivity contribution is 5.76. The van der Waals surface area contributed by atoms with Crippen molar-refractivity contribution in [1.29, 1.82) is 0 Å². The summed E-state index contributed by atoms with van der Waals surface area (Å²) in [7, 11) is 4.36. The second-order valence-electron chi connectivity index (χ2n) is 6.39. The SMILES string of the molecule is CN1CCC(CN(C)CCC(=O)N2CCNCC2)CC1. The topological polar surface area (TPSA) is 38.8 Å². The van der Waals surface area contributed by atoms with Gasteiger partial charge in [-0.05, 0) is 45.9 Å². The van der Waals surface area contributed by atoms with Crippen LogP contribution in [0.25, 0.3) is 0 Å². The Kier molecular flexibility index (Phi) is 6.26. The zero-order valence-electron chi connectivity index (χ0n) is 13.1. The molecule has 1 amide bonds. The van der Waals surface area contributed by atoms with Crippen molar-refractivity contribution in [2.24, 2.45) is 5.92 Å². The largest absolute Gasteiger partial charge is 0.340 e. The number of rotatable bonds is 5. The standard InChI is InChI=1S/C15H30N4O/c1-17-8-3-14(4-9-17)13-18(2)10-5-15(20)19-11-6-16-7-12-19/h14,16H,3-13H2,1-2H3. The maximum absolute atomic E-state index is 12.1. The van der Waals surface area contributed by atoms with Crippen molar-refractivity contribution >= 4 is 5.91 Å². The summed E-state index contributed by atoms with van der Waals surface area (Å²) in [5, 5.41) is 3.28. The summed E-state index contributed by atoms with van der Waals surface area (Å²) < 4.78 is 0. The molecule has 20 heavy (non-hydrogen) atoms. The van der Waals surface area contributed by atoms with Crippen LogP contribution in [0.2, 0.25) is 0 Å². The van der Waals surface area contributed by atoms with Gasteiger partial charge < -0.3 is 20.0 Å². The normalized spacial score (nSPS) is 22.4. The molecule has 2 aliphatic heterocycles. The van der Waals surface area contributed by atoms with Gasteiger partial charge in [0.15, 0.2) is 0 Å². The molecule has 0 aromatic carbocycles. The van der Waals surface area contributed by atoms with Crippen LogP contribution in [-0.4, -0.2) is 87.1 Å². The van der Waals surface area contributed by atoms with Gasteiger partial charge in [0, 0.05) is 45.7 Å². The van der Waals surface area contributed by atoms with Crippen LogP contribution in [0.3, 0.4) is 0 Å². The Morgan fingerprint density at radius 3 is 2.50 bits per heavy atom. The fraction of sp³-hybridized carbons (Fsp3) is 0.933. The van der Waals surface area contributed by atoms with E-state index in [4.69, 9.17) is 0 Å². The van der Waals surface area contributed by atoms with E-state index in [-0.39, 0.29) is 0 Å². The van der Waals surface area contributed by atoms with Crippen LogP contribution in [0, 0.1) is 5.92 Å². The van der Waals surface area contributed by atoms with E-state index in [1.54, 1.807) is 0 Å². The van der Waals surface area contributed by atoms with Gasteiger partial charge in [-0.15, -0.1) is 0 Å². The van der Waals surface area contributed by atoms with Crippen molar-refractivity contribution in [2.45, 2.75) is 19.3 Å². The van der Waals surface area contributed by atoms with Crippen LogP contribution in [0.4, 0.5) is 0 Å². The lowest BCUT2D eigenvalue weighted by molar-refractivity contribution is -0.132. The molecule has 0 spiro atoms. The van der Waals surface area contributed by atoms with Crippen molar-refractivity contribution in [3.63, 3.8) is 0 Å². The van der Waals surface area contributed by atoms with Gasteiger partial charge in [-0.25, -0.2) is 0 Å². The quantitative estimate of drug-likeness (QED) is 0.775. The Balaban J connectivity index is 1.61. The van der Waals surface area contributed by atoms with Crippen LogP contribution in [-0.2, 0) is 4.79 Å². The van der Waals surface area contributed by atoms with Crippen molar-refractivity contribution in [3.8, 4) is 0 Å². The Labute approximate surface area is 123 Å². The molecule has 0 bridgehead atoms. The van der Waals surface area contributed by atoms with Crippen molar-refractivity contribution in [1.82, 2.24) is 20.0 Å². The van der Waals surface area contributed by atoms with Gasteiger partial charge in [-0.1, -0.05) is 0 Å². The first kappa shape index (κ1) is 15.7. The number of amides is 1. The molecule has 2 saturated heterocycles. The molecule has 1 N–H and O–H groups in total. The van der Waals surface area contributed by atoms with E-state index in [0.717, 1.165) is 45.2 Å². The number of piperazine rings is 1. The fourth-order valence-electron chi connectivity index (χ4n) is 3.14. The van der Waals surface area contributed by atoms with Crippen LogP contribution >= 0.6 is 0 Å². The molecule has 2 fully saturated rings. The highest BCUT2D eigenvalue weighted by Crippen LogP contribution is 2.16. The fourth-order valence-corrected chi connectivity index (χ4v) is 3.14. The van der Waals surface area contributed by atoms with E-state index in [0.29, 0.717) is 12.3 Å². The summed E-state index contributed by atoms with van der Waals surface area (Å²) in [6.45, 7) is 8.11. The summed E-state index contributed by atoms with van der Waals surface area (Å²) in [5.41, 5.74) is 0. The van der Waals surface area contributed by atoms with E-state index >= 15 is 0 Å². The average Bonchev–Trinajstić information content (AvgIpc) is 2.48. The Morgan fingerprint density at radius 2 is 1.85 bits per heavy atom. The molecule has 0 aromatic rings.